The maximum atomic E-state index is 13.4. The SMILES string of the molecule is Cc1nc([C@@H](C)NC(=O)c2cc(-c3ccc(F)cc3)c3nnc(C(O)C(F)(F)F)n3c2)no1. The third kappa shape index (κ3) is 4.39. The number of rotatable bonds is 5. The predicted octanol–water partition coefficient (Wildman–Crippen LogP) is 3.31. The Morgan fingerprint density at radius 2 is 1.91 bits per heavy atom. The fourth-order valence-corrected chi connectivity index (χ4v) is 3.15. The lowest BCUT2D eigenvalue weighted by Crippen LogP contribution is -2.28. The number of fused-ring (bicyclic) bond motifs is 1. The van der Waals surface area contributed by atoms with E-state index >= 15 is 0 Å². The molecule has 0 bridgehead atoms. The minimum atomic E-state index is -5.01. The average molecular weight is 464 g/mol. The van der Waals surface area contributed by atoms with Crippen LogP contribution in [0, 0.1) is 12.7 Å². The summed E-state index contributed by atoms with van der Waals surface area (Å²) in [5.74, 6) is -1.52. The van der Waals surface area contributed by atoms with Crippen LogP contribution < -0.4 is 5.32 Å². The molecule has 2 atom stereocenters. The normalized spacial score (nSPS) is 13.8. The van der Waals surface area contributed by atoms with E-state index in [-0.39, 0.29) is 22.6 Å². The zero-order valence-corrected chi connectivity index (χ0v) is 17.1. The summed E-state index contributed by atoms with van der Waals surface area (Å²) in [7, 11) is 0. The highest BCUT2D eigenvalue weighted by Crippen LogP contribution is 2.33. The number of aliphatic hydroxyl groups is 1. The van der Waals surface area contributed by atoms with Crippen molar-refractivity contribution in [1.82, 2.24) is 30.1 Å². The first-order valence-corrected chi connectivity index (χ1v) is 9.55. The maximum absolute atomic E-state index is 13.4. The molecule has 3 heterocycles. The number of nitrogens with zero attached hydrogens (tertiary/aromatic N) is 5. The number of nitrogens with one attached hydrogen (secondary N) is 1. The lowest BCUT2D eigenvalue weighted by atomic mass is 10.0. The molecule has 1 amide bonds. The second kappa shape index (κ2) is 8.24. The number of carbonyl (C=O) groups is 1. The van der Waals surface area contributed by atoms with Gasteiger partial charge in [0.25, 0.3) is 5.91 Å². The smallest absolute Gasteiger partial charge is 0.377 e. The number of halogens is 4. The zero-order valence-electron chi connectivity index (χ0n) is 17.1. The van der Waals surface area contributed by atoms with Gasteiger partial charge in [0, 0.05) is 18.7 Å². The Hall–Kier alpha value is -3.87. The van der Waals surface area contributed by atoms with Gasteiger partial charge in [-0.25, -0.2) is 4.39 Å². The fourth-order valence-electron chi connectivity index (χ4n) is 3.15. The molecule has 1 aromatic carbocycles. The van der Waals surface area contributed by atoms with Crippen molar-refractivity contribution in [2.75, 3.05) is 0 Å². The summed E-state index contributed by atoms with van der Waals surface area (Å²) in [6.45, 7) is 3.17. The Kier molecular flexibility index (Phi) is 5.57. The molecule has 13 heteroatoms. The Morgan fingerprint density at radius 1 is 1.21 bits per heavy atom. The number of amides is 1. The first-order valence-electron chi connectivity index (χ1n) is 9.55. The Bertz CT molecular complexity index is 1320. The van der Waals surface area contributed by atoms with Gasteiger partial charge < -0.3 is 14.9 Å². The van der Waals surface area contributed by atoms with Crippen molar-refractivity contribution in [3.05, 3.63) is 65.4 Å². The highest BCUT2D eigenvalue weighted by molar-refractivity contribution is 5.96. The molecule has 0 fully saturated rings. The van der Waals surface area contributed by atoms with Gasteiger partial charge in [0.1, 0.15) is 5.82 Å². The maximum Gasteiger partial charge on any atom is 0.421 e. The van der Waals surface area contributed by atoms with E-state index in [9.17, 15) is 27.5 Å². The molecule has 0 aliphatic carbocycles. The van der Waals surface area contributed by atoms with Crippen molar-refractivity contribution in [3.63, 3.8) is 0 Å². The molecule has 4 aromatic rings. The largest absolute Gasteiger partial charge is 0.421 e. The summed E-state index contributed by atoms with van der Waals surface area (Å²) in [6.07, 6.45) is -6.87. The number of benzene rings is 1. The van der Waals surface area contributed by atoms with E-state index in [1.807, 2.05) is 0 Å². The quantitative estimate of drug-likeness (QED) is 0.435. The van der Waals surface area contributed by atoms with Crippen molar-refractivity contribution in [1.29, 1.82) is 0 Å². The number of hydrogen-bond acceptors (Lipinski definition) is 7. The van der Waals surface area contributed by atoms with Gasteiger partial charge in [-0.05, 0) is 30.7 Å². The molecule has 3 aromatic heterocycles. The summed E-state index contributed by atoms with van der Waals surface area (Å²) in [5.41, 5.74) is 0.458. The number of alkyl halides is 3. The van der Waals surface area contributed by atoms with Crippen LogP contribution in [0.1, 0.15) is 47.0 Å². The molecule has 0 spiro atoms. The van der Waals surface area contributed by atoms with E-state index in [0.717, 1.165) is 22.7 Å². The Balaban J connectivity index is 1.81. The summed E-state index contributed by atoms with van der Waals surface area (Å²) in [6, 6.07) is 5.77. The van der Waals surface area contributed by atoms with Gasteiger partial charge in [0.2, 0.25) is 12.0 Å². The van der Waals surface area contributed by atoms with Gasteiger partial charge in [-0.3, -0.25) is 9.20 Å². The van der Waals surface area contributed by atoms with Crippen LogP contribution in [0.2, 0.25) is 0 Å². The van der Waals surface area contributed by atoms with Crippen LogP contribution in [-0.4, -0.2) is 41.9 Å². The highest BCUT2D eigenvalue weighted by Gasteiger charge is 2.42. The van der Waals surface area contributed by atoms with Crippen LogP contribution >= 0.6 is 0 Å². The molecule has 2 N–H and O–H groups in total. The minimum Gasteiger partial charge on any atom is -0.377 e. The Morgan fingerprint density at radius 3 is 2.52 bits per heavy atom. The molecule has 4 rings (SSSR count). The van der Waals surface area contributed by atoms with Gasteiger partial charge in [-0.15, -0.1) is 10.2 Å². The minimum absolute atomic E-state index is 0.0571. The van der Waals surface area contributed by atoms with E-state index in [1.54, 1.807) is 13.8 Å². The second-order valence-electron chi connectivity index (χ2n) is 7.21. The fraction of sp³-hybridized carbons (Fsp3) is 0.250. The Labute approximate surface area is 183 Å². The summed E-state index contributed by atoms with van der Waals surface area (Å²) >= 11 is 0. The third-order valence-electron chi connectivity index (χ3n) is 4.78. The van der Waals surface area contributed by atoms with Crippen molar-refractivity contribution >= 4 is 11.6 Å². The number of carbonyl (C=O) groups excluding carboxylic acids is 1. The van der Waals surface area contributed by atoms with Crippen LogP contribution in [0.15, 0.2) is 41.1 Å². The molecule has 0 saturated carbocycles. The topological polar surface area (TPSA) is 118 Å². The van der Waals surface area contributed by atoms with E-state index in [0.29, 0.717) is 11.5 Å². The van der Waals surface area contributed by atoms with Gasteiger partial charge in [-0.2, -0.15) is 18.2 Å². The summed E-state index contributed by atoms with van der Waals surface area (Å²) in [5, 5.41) is 23.3. The molecule has 0 aliphatic heterocycles. The van der Waals surface area contributed by atoms with Crippen LogP contribution in [0.25, 0.3) is 16.8 Å². The average Bonchev–Trinajstić information content (AvgIpc) is 3.38. The number of pyridine rings is 1. The van der Waals surface area contributed by atoms with Gasteiger partial charge >= 0.3 is 6.18 Å². The van der Waals surface area contributed by atoms with E-state index in [1.165, 1.54) is 18.2 Å². The lowest BCUT2D eigenvalue weighted by molar-refractivity contribution is -0.209. The summed E-state index contributed by atoms with van der Waals surface area (Å²) < 4.78 is 58.6. The van der Waals surface area contributed by atoms with E-state index < -0.39 is 35.9 Å². The molecular formula is C20H16F4N6O3. The number of aryl methyl sites for hydroxylation is 1. The standard InChI is InChI=1S/C20H16F4N6O3/c1-9(16-26-10(2)33-29-16)25-19(32)12-7-14(11-3-5-13(21)6-4-11)17-27-28-18(30(17)8-12)15(31)20(22,23)24/h3-9,15,31H,1-2H3,(H,25,32)/t9-,15?/m1/s1. The van der Waals surface area contributed by atoms with Gasteiger partial charge in [0.05, 0.1) is 11.6 Å². The molecule has 0 saturated heterocycles. The third-order valence-corrected chi connectivity index (χ3v) is 4.78. The molecule has 0 radical (unpaired) electrons. The van der Waals surface area contributed by atoms with E-state index in [4.69, 9.17) is 4.52 Å². The van der Waals surface area contributed by atoms with Gasteiger partial charge in [-0.1, -0.05) is 17.3 Å². The van der Waals surface area contributed by atoms with Crippen LogP contribution in [0.3, 0.4) is 0 Å². The van der Waals surface area contributed by atoms with Crippen molar-refractivity contribution in [3.8, 4) is 11.1 Å². The first-order chi connectivity index (χ1) is 15.5. The monoisotopic (exact) mass is 464 g/mol. The van der Waals surface area contributed by atoms with Crippen LogP contribution in [0.4, 0.5) is 17.6 Å². The molecule has 0 aliphatic rings. The van der Waals surface area contributed by atoms with Crippen molar-refractivity contribution < 1.29 is 32.0 Å². The number of aliphatic hydroxyl groups excluding tert-OH is 1. The molecular weight excluding hydrogens is 448 g/mol. The van der Waals surface area contributed by atoms with E-state index in [2.05, 4.69) is 25.7 Å². The van der Waals surface area contributed by atoms with Gasteiger partial charge in [0.15, 0.2) is 17.3 Å². The van der Waals surface area contributed by atoms with Crippen LogP contribution in [-0.2, 0) is 0 Å². The first kappa shape index (κ1) is 22.3. The predicted molar refractivity (Wildman–Crippen MR) is 104 cm³/mol. The second-order valence-corrected chi connectivity index (χ2v) is 7.21. The van der Waals surface area contributed by atoms with Crippen molar-refractivity contribution in [2.45, 2.75) is 32.2 Å². The molecule has 33 heavy (non-hydrogen) atoms. The molecule has 9 nitrogen and oxygen atoms in total. The van der Waals surface area contributed by atoms with Crippen molar-refractivity contribution in [2.24, 2.45) is 0 Å². The summed E-state index contributed by atoms with van der Waals surface area (Å²) in [4.78, 5) is 16.9. The zero-order chi connectivity index (χ0) is 23.9. The number of hydrogen-bond donors (Lipinski definition) is 2. The van der Waals surface area contributed by atoms with Crippen LogP contribution in [0.5, 0.6) is 0 Å². The molecule has 172 valence electrons. The molecule has 1 unspecified atom stereocenters. The highest BCUT2D eigenvalue weighted by atomic mass is 19.4. The lowest BCUT2D eigenvalue weighted by Gasteiger charge is -2.15. The number of aromatic nitrogens is 5.